The predicted molar refractivity (Wildman–Crippen MR) is 92.3 cm³/mol. The highest BCUT2D eigenvalue weighted by Crippen LogP contribution is 2.33. The third kappa shape index (κ3) is 4.76. The number of hydrogen-bond acceptors (Lipinski definition) is 8. The molecule has 1 aromatic carbocycles. The molecular formula is C18H24O9. The molecule has 9 heteroatoms. The Bertz CT molecular complexity index is 675. The number of allylic oxidation sites excluding steroid dienone is 1. The van der Waals surface area contributed by atoms with Gasteiger partial charge < -0.3 is 40.1 Å². The molecule has 0 aliphatic carbocycles. The van der Waals surface area contributed by atoms with Gasteiger partial charge in [0.15, 0.2) is 6.29 Å². The van der Waals surface area contributed by atoms with Crippen molar-refractivity contribution in [2.24, 2.45) is 5.92 Å². The number of aromatic carboxylic acids is 1. The van der Waals surface area contributed by atoms with E-state index in [9.17, 15) is 35.4 Å². The van der Waals surface area contributed by atoms with E-state index in [2.05, 4.69) is 6.58 Å². The highest BCUT2D eigenvalue weighted by atomic mass is 16.7. The van der Waals surface area contributed by atoms with Crippen molar-refractivity contribution in [1.82, 2.24) is 0 Å². The Morgan fingerprint density at radius 1 is 1.26 bits per heavy atom. The maximum absolute atomic E-state index is 11.4. The highest BCUT2D eigenvalue weighted by molar-refractivity contribution is 5.92. The zero-order valence-electron chi connectivity index (χ0n) is 14.6. The zero-order chi connectivity index (χ0) is 20.1. The van der Waals surface area contributed by atoms with E-state index in [0.29, 0.717) is 24.8 Å². The Labute approximate surface area is 155 Å². The first-order chi connectivity index (χ1) is 12.8. The standard InChI is InChI=1S/C18H24O9/c1-2-3-4-5-9-6-10(7-12(20)13(9)16(23)24)26-18-11(8-19)14(21)15(22)17(25)27-18/h2,6-7,11,14-15,17-22,25H,1,3-5,8H2,(H,23,24)/t11-,14-,15+,17+,18?/m1/s1. The summed E-state index contributed by atoms with van der Waals surface area (Å²) in [5, 5.41) is 58.1. The van der Waals surface area contributed by atoms with Gasteiger partial charge in [-0.2, -0.15) is 0 Å². The number of aliphatic hydroxyl groups excluding tert-OH is 4. The lowest BCUT2D eigenvalue weighted by atomic mass is 9.94. The number of ether oxygens (including phenoxy) is 2. The van der Waals surface area contributed by atoms with E-state index in [1.807, 2.05) is 0 Å². The van der Waals surface area contributed by atoms with Gasteiger partial charge in [0.2, 0.25) is 6.29 Å². The average Bonchev–Trinajstić information content (AvgIpc) is 2.59. The van der Waals surface area contributed by atoms with Crippen LogP contribution in [0.3, 0.4) is 0 Å². The summed E-state index contributed by atoms with van der Waals surface area (Å²) in [5.74, 6) is -2.82. The minimum absolute atomic E-state index is 0.0327. The SMILES string of the molecule is C=CCCCc1cc(OC2O[C@H](O)[C@@H](O)[C@H](O)[C@H]2CO)cc(O)c1C(=O)O. The molecule has 5 atom stereocenters. The van der Waals surface area contributed by atoms with E-state index >= 15 is 0 Å². The van der Waals surface area contributed by atoms with Gasteiger partial charge in [-0.05, 0) is 30.9 Å². The molecule has 1 aliphatic heterocycles. The number of aliphatic hydroxyl groups is 4. The Kier molecular flexibility index (Phi) is 7.17. The van der Waals surface area contributed by atoms with Crippen LogP contribution in [-0.4, -0.2) is 68.0 Å². The molecule has 9 nitrogen and oxygen atoms in total. The summed E-state index contributed by atoms with van der Waals surface area (Å²) in [5.41, 5.74) is 0.0852. The second kappa shape index (κ2) is 9.16. The van der Waals surface area contributed by atoms with E-state index in [-0.39, 0.29) is 11.3 Å². The molecule has 1 aromatic rings. The number of rotatable bonds is 8. The van der Waals surface area contributed by atoms with Gasteiger partial charge in [-0.25, -0.2) is 4.79 Å². The summed E-state index contributed by atoms with van der Waals surface area (Å²) in [6.07, 6.45) is -2.86. The second-order valence-electron chi connectivity index (χ2n) is 6.30. The summed E-state index contributed by atoms with van der Waals surface area (Å²) in [6.45, 7) is 3.01. The summed E-state index contributed by atoms with van der Waals surface area (Å²) in [4.78, 5) is 11.4. The van der Waals surface area contributed by atoms with Crippen LogP contribution in [0.4, 0.5) is 0 Å². The van der Waals surface area contributed by atoms with Gasteiger partial charge >= 0.3 is 5.97 Å². The number of phenols is 1. The largest absolute Gasteiger partial charge is 0.507 e. The molecule has 6 N–H and O–H groups in total. The Morgan fingerprint density at radius 2 is 1.96 bits per heavy atom. The summed E-state index contributed by atoms with van der Waals surface area (Å²) < 4.78 is 10.6. The normalized spacial score (nSPS) is 27.9. The molecule has 150 valence electrons. The number of aromatic hydroxyl groups is 1. The molecule has 1 aliphatic rings. The van der Waals surface area contributed by atoms with E-state index in [0.717, 1.165) is 6.07 Å². The fourth-order valence-electron chi connectivity index (χ4n) is 2.95. The van der Waals surface area contributed by atoms with Gasteiger partial charge in [0.25, 0.3) is 0 Å². The minimum atomic E-state index is -1.73. The smallest absolute Gasteiger partial charge is 0.339 e. The van der Waals surface area contributed by atoms with Gasteiger partial charge in [-0.1, -0.05) is 6.08 Å². The van der Waals surface area contributed by atoms with Gasteiger partial charge in [-0.3, -0.25) is 0 Å². The van der Waals surface area contributed by atoms with Crippen molar-refractivity contribution >= 4 is 5.97 Å². The number of unbranched alkanes of at least 4 members (excludes halogenated alkanes) is 1. The first-order valence-corrected chi connectivity index (χ1v) is 8.47. The lowest BCUT2D eigenvalue weighted by Crippen LogP contribution is -2.57. The van der Waals surface area contributed by atoms with Crippen LogP contribution in [0, 0.1) is 5.92 Å². The van der Waals surface area contributed by atoms with Gasteiger partial charge in [-0.15, -0.1) is 6.58 Å². The van der Waals surface area contributed by atoms with Crippen LogP contribution >= 0.6 is 0 Å². The molecule has 0 aromatic heterocycles. The molecule has 0 amide bonds. The predicted octanol–water partition coefficient (Wildman–Crippen LogP) is -0.0171. The molecule has 1 unspecified atom stereocenters. The fourth-order valence-corrected chi connectivity index (χ4v) is 2.95. The van der Waals surface area contributed by atoms with E-state index < -0.39 is 49.0 Å². The van der Waals surface area contributed by atoms with Gasteiger partial charge in [0.1, 0.15) is 23.2 Å². The lowest BCUT2D eigenvalue weighted by molar-refractivity contribution is -0.312. The van der Waals surface area contributed by atoms with Crippen molar-refractivity contribution in [3.05, 3.63) is 35.9 Å². The topological polar surface area (TPSA) is 157 Å². The van der Waals surface area contributed by atoms with Crippen molar-refractivity contribution in [1.29, 1.82) is 0 Å². The Hall–Kier alpha value is -2.17. The number of hydrogen-bond donors (Lipinski definition) is 6. The van der Waals surface area contributed by atoms with Crippen LogP contribution < -0.4 is 4.74 Å². The van der Waals surface area contributed by atoms with Crippen LogP contribution in [0.2, 0.25) is 0 Å². The van der Waals surface area contributed by atoms with E-state index in [1.54, 1.807) is 6.08 Å². The molecule has 0 bridgehead atoms. The second-order valence-corrected chi connectivity index (χ2v) is 6.30. The van der Waals surface area contributed by atoms with Crippen LogP contribution in [-0.2, 0) is 11.2 Å². The van der Waals surface area contributed by atoms with Crippen LogP contribution in [0.15, 0.2) is 24.8 Å². The molecule has 1 saturated heterocycles. The molecule has 27 heavy (non-hydrogen) atoms. The van der Waals surface area contributed by atoms with Crippen molar-refractivity contribution < 1.29 is 44.9 Å². The number of aryl methyl sites for hydroxylation is 1. The summed E-state index contributed by atoms with van der Waals surface area (Å²) in [7, 11) is 0. The van der Waals surface area contributed by atoms with Crippen LogP contribution in [0.25, 0.3) is 0 Å². The molecule has 0 radical (unpaired) electrons. The third-order valence-corrected chi connectivity index (χ3v) is 4.41. The molecular weight excluding hydrogens is 360 g/mol. The molecule has 2 rings (SSSR count). The number of carbonyl (C=O) groups is 1. The quantitative estimate of drug-likeness (QED) is 0.268. The van der Waals surface area contributed by atoms with E-state index in [4.69, 9.17) is 9.47 Å². The number of carboxylic acid groups (broad SMARTS) is 1. The van der Waals surface area contributed by atoms with Crippen LogP contribution in [0.5, 0.6) is 11.5 Å². The average molecular weight is 384 g/mol. The van der Waals surface area contributed by atoms with E-state index in [1.165, 1.54) is 6.07 Å². The monoisotopic (exact) mass is 384 g/mol. The Balaban J connectivity index is 2.29. The Morgan fingerprint density at radius 3 is 2.56 bits per heavy atom. The highest BCUT2D eigenvalue weighted by Gasteiger charge is 2.45. The summed E-state index contributed by atoms with van der Waals surface area (Å²) in [6, 6.07) is 2.48. The molecule has 0 spiro atoms. The minimum Gasteiger partial charge on any atom is -0.507 e. The van der Waals surface area contributed by atoms with Crippen molar-refractivity contribution in [3.8, 4) is 11.5 Å². The molecule has 1 fully saturated rings. The van der Waals surface area contributed by atoms with Crippen molar-refractivity contribution in [2.45, 2.75) is 44.1 Å². The van der Waals surface area contributed by atoms with Crippen molar-refractivity contribution in [2.75, 3.05) is 6.61 Å². The van der Waals surface area contributed by atoms with Crippen molar-refractivity contribution in [3.63, 3.8) is 0 Å². The number of carboxylic acids is 1. The zero-order valence-corrected chi connectivity index (χ0v) is 14.6. The first-order valence-electron chi connectivity index (χ1n) is 8.47. The maximum Gasteiger partial charge on any atom is 0.339 e. The van der Waals surface area contributed by atoms with Gasteiger partial charge in [0.05, 0.1) is 18.6 Å². The van der Waals surface area contributed by atoms with Gasteiger partial charge in [0, 0.05) is 6.07 Å². The fraction of sp³-hybridized carbons (Fsp3) is 0.500. The summed E-state index contributed by atoms with van der Waals surface area (Å²) >= 11 is 0. The molecule has 1 heterocycles. The van der Waals surface area contributed by atoms with Crippen LogP contribution in [0.1, 0.15) is 28.8 Å². The first kappa shape index (κ1) is 21.1. The maximum atomic E-state index is 11.4. The third-order valence-electron chi connectivity index (χ3n) is 4.41. The molecule has 0 saturated carbocycles. The lowest BCUT2D eigenvalue weighted by Gasteiger charge is -2.39. The number of benzene rings is 1.